The van der Waals surface area contributed by atoms with Crippen molar-refractivity contribution in [3.8, 4) is 5.75 Å². The van der Waals surface area contributed by atoms with Gasteiger partial charge in [-0.25, -0.2) is 8.42 Å². The summed E-state index contributed by atoms with van der Waals surface area (Å²) in [7, 11) is -2.17. The van der Waals surface area contributed by atoms with Gasteiger partial charge in [-0.05, 0) is 55.3 Å². The van der Waals surface area contributed by atoms with Crippen molar-refractivity contribution in [1.82, 2.24) is 4.31 Å². The van der Waals surface area contributed by atoms with Crippen molar-refractivity contribution >= 4 is 44.8 Å². The summed E-state index contributed by atoms with van der Waals surface area (Å²) in [6, 6.07) is 11.0. The van der Waals surface area contributed by atoms with Crippen LogP contribution in [-0.4, -0.2) is 38.8 Å². The van der Waals surface area contributed by atoms with Crippen LogP contribution in [0.5, 0.6) is 5.75 Å². The Morgan fingerprint density at radius 3 is 2.54 bits per heavy atom. The van der Waals surface area contributed by atoms with Gasteiger partial charge in [-0.15, -0.1) is 0 Å². The molecule has 2 aromatic carbocycles. The topological polar surface area (TPSA) is 75.7 Å². The van der Waals surface area contributed by atoms with Crippen LogP contribution >= 0.6 is 23.2 Å². The molecule has 150 valence electrons. The van der Waals surface area contributed by atoms with Crippen molar-refractivity contribution in [3.05, 3.63) is 52.5 Å². The van der Waals surface area contributed by atoms with E-state index in [9.17, 15) is 13.2 Å². The predicted molar refractivity (Wildman–Crippen MR) is 110 cm³/mol. The average molecular weight is 443 g/mol. The first-order chi connectivity index (χ1) is 13.3. The first-order valence-corrected chi connectivity index (χ1v) is 10.9. The molecule has 1 N–H and O–H groups in total. The van der Waals surface area contributed by atoms with E-state index in [4.69, 9.17) is 27.9 Å². The first-order valence-electron chi connectivity index (χ1n) is 8.71. The van der Waals surface area contributed by atoms with Crippen molar-refractivity contribution in [2.24, 2.45) is 5.92 Å². The normalized spacial score (nSPS) is 17.9. The molecule has 1 atom stereocenters. The average Bonchev–Trinajstić information content (AvgIpc) is 2.70. The number of nitrogens with zero attached hydrogens (tertiary/aromatic N) is 1. The molecule has 1 aliphatic rings. The summed E-state index contributed by atoms with van der Waals surface area (Å²) < 4.78 is 32.3. The third-order valence-corrected chi connectivity index (χ3v) is 7.07. The summed E-state index contributed by atoms with van der Waals surface area (Å²) in [6.07, 6.45) is 1.20. The first kappa shape index (κ1) is 20.9. The number of nitrogens with one attached hydrogen (secondary N) is 1. The molecular formula is C19H20Cl2N2O4S. The minimum absolute atomic E-state index is 0.116. The van der Waals surface area contributed by atoms with Gasteiger partial charge in [-0.3, -0.25) is 4.79 Å². The standard InChI is InChI=1S/C19H20Cl2N2O4S/c1-27-15-5-7-16(8-6-15)28(25,26)23-10-2-3-13(12-23)19(24)22-18-9-4-14(20)11-17(18)21/h4-9,11,13H,2-3,10,12H2,1H3,(H,22,24)/t13-/m1/s1. The van der Waals surface area contributed by atoms with E-state index in [1.54, 1.807) is 30.3 Å². The molecule has 1 aliphatic heterocycles. The fourth-order valence-electron chi connectivity index (χ4n) is 3.10. The van der Waals surface area contributed by atoms with Crippen LogP contribution in [0.15, 0.2) is 47.4 Å². The van der Waals surface area contributed by atoms with Gasteiger partial charge in [0.15, 0.2) is 0 Å². The number of anilines is 1. The number of rotatable bonds is 5. The van der Waals surface area contributed by atoms with E-state index in [1.807, 2.05) is 0 Å². The third-order valence-electron chi connectivity index (χ3n) is 4.64. The van der Waals surface area contributed by atoms with Gasteiger partial charge in [0, 0.05) is 18.1 Å². The van der Waals surface area contributed by atoms with Crippen LogP contribution in [0.4, 0.5) is 5.69 Å². The lowest BCUT2D eigenvalue weighted by molar-refractivity contribution is -0.120. The van der Waals surface area contributed by atoms with E-state index < -0.39 is 15.9 Å². The molecule has 0 radical (unpaired) electrons. The van der Waals surface area contributed by atoms with Gasteiger partial charge in [0.05, 0.1) is 28.6 Å². The molecule has 0 unspecified atom stereocenters. The Morgan fingerprint density at radius 1 is 1.18 bits per heavy atom. The number of carbonyl (C=O) groups is 1. The Bertz CT molecular complexity index is 964. The van der Waals surface area contributed by atoms with Crippen molar-refractivity contribution < 1.29 is 17.9 Å². The van der Waals surface area contributed by atoms with E-state index in [1.165, 1.54) is 23.5 Å². The van der Waals surface area contributed by atoms with Gasteiger partial charge in [-0.2, -0.15) is 4.31 Å². The second kappa shape index (κ2) is 8.69. The van der Waals surface area contributed by atoms with Crippen LogP contribution in [0, 0.1) is 5.92 Å². The maximum atomic E-state index is 12.9. The lowest BCUT2D eigenvalue weighted by atomic mass is 9.99. The van der Waals surface area contributed by atoms with Crippen LogP contribution in [0.25, 0.3) is 0 Å². The molecule has 1 heterocycles. The molecule has 9 heteroatoms. The molecule has 0 aliphatic carbocycles. The maximum Gasteiger partial charge on any atom is 0.243 e. The molecule has 1 saturated heterocycles. The summed E-state index contributed by atoms with van der Waals surface area (Å²) in [6.45, 7) is 0.491. The zero-order valence-electron chi connectivity index (χ0n) is 15.2. The highest BCUT2D eigenvalue weighted by Gasteiger charge is 2.33. The van der Waals surface area contributed by atoms with Gasteiger partial charge in [-0.1, -0.05) is 23.2 Å². The minimum Gasteiger partial charge on any atom is -0.497 e. The number of hydrogen-bond acceptors (Lipinski definition) is 4. The predicted octanol–water partition coefficient (Wildman–Crippen LogP) is 4.04. The van der Waals surface area contributed by atoms with Gasteiger partial charge in [0.25, 0.3) is 0 Å². The highest BCUT2D eigenvalue weighted by molar-refractivity contribution is 7.89. The summed E-state index contributed by atoms with van der Waals surface area (Å²) in [4.78, 5) is 12.8. The number of benzene rings is 2. The van der Waals surface area contributed by atoms with Crippen LogP contribution < -0.4 is 10.1 Å². The fourth-order valence-corrected chi connectivity index (χ4v) is 5.08. The molecular weight excluding hydrogens is 423 g/mol. The number of halogens is 2. The van der Waals surface area contributed by atoms with Crippen molar-refractivity contribution in [3.63, 3.8) is 0 Å². The Balaban J connectivity index is 1.72. The van der Waals surface area contributed by atoms with E-state index in [0.717, 1.165) is 0 Å². The summed E-state index contributed by atoms with van der Waals surface area (Å²) in [5, 5.41) is 3.57. The monoisotopic (exact) mass is 442 g/mol. The Morgan fingerprint density at radius 2 is 1.89 bits per heavy atom. The van der Waals surface area contributed by atoms with Gasteiger partial charge >= 0.3 is 0 Å². The SMILES string of the molecule is COc1ccc(S(=O)(=O)N2CCC[C@@H](C(=O)Nc3ccc(Cl)cc3Cl)C2)cc1. The van der Waals surface area contributed by atoms with Gasteiger partial charge < -0.3 is 10.1 Å². The second-order valence-corrected chi connectivity index (χ2v) is 9.27. The number of carbonyl (C=O) groups excluding carboxylic acids is 1. The highest BCUT2D eigenvalue weighted by Crippen LogP contribution is 2.28. The summed E-state index contributed by atoms with van der Waals surface area (Å²) in [5.74, 6) is -0.151. The molecule has 28 heavy (non-hydrogen) atoms. The lowest BCUT2D eigenvalue weighted by Crippen LogP contribution is -2.43. The lowest BCUT2D eigenvalue weighted by Gasteiger charge is -2.31. The molecule has 3 rings (SSSR count). The Hall–Kier alpha value is -1.80. The van der Waals surface area contributed by atoms with Crippen LogP contribution in [-0.2, 0) is 14.8 Å². The number of piperidine rings is 1. The second-order valence-electron chi connectivity index (χ2n) is 6.49. The maximum absolute atomic E-state index is 12.9. The van der Waals surface area contributed by atoms with E-state index >= 15 is 0 Å². The molecule has 0 bridgehead atoms. The van der Waals surface area contributed by atoms with Gasteiger partial charge in [0.2, 0.25) is 15.9 Å². The quantitative estimate of drug-likeness (QED) is 0.757. The number of hydrogen-bond donors (Lipinski definition) is 1. The Labute approximate surface area is 174 Å². The van der Waals surface area contributed by atoms with E-state index in [2.05, 4.69) is 5.32 Å². The van der Waals surface area contributed by atoms with Crippen LogP contribution in [0.3, 0.4) is 0 Å². The summed E-state index contributed by atoms with van der Waals surface area (Å²) >= 11 is 12.0. The zero-order chi connectivity index (χ0) is 20.3. The number of sulfonamides is 1. The largest absolute Gasteiger partial charge is 0.497 e. The number of methoxy groups -OCH3 is 1. The molecule has 0 saturated carbocycles. The van der Waals surface area contributed by atoms with E-state index in [0.29, 0.717) is 40.9 Å². The van der Waals surface area contributed by atoms with Crippen molar-refractivity contribution in [2.75, 3.05) is 25.5 Å². The molecule has 2 aromatic rings. The number of ether oxygens (including phenoxy) is 1. The molecule has 0 aromatic heterocycles. The van der Waals surface area contributed by atoms with Crippen LogP contribution in [0.2, 0.25) is 10.0 Å². The van der Waals surface area contributed by atoms with Gasteiger partial charge in [0.1, 0.15) is 5.75 Å². The highest BCUT2D eigenvalue weighted by atomic mass is 35.5. The van der Waals surface area contributed by atoms with E-state index in [-0.39, 0.29) is 17.3 Å². The molecule has 1 fully saturated rings. The molecule has 6 nitrogen and oxygen atoms in total. The van der Waals surface area contributed by atoms with Crippen LogP contribution in [0.1, 0.15) is 12.8 Å². The zero-order valence-corrected chi connectivity index (χ0v) is 17.5. The fraction of sp³-hybridized carbons (Fsp3) is 0.316. The summed E-state index contributed by atoms with van der Waals surface area (Å²) in [5.41, 5.74) is 0.450. The Kier molecular flexibility index (Phi) is 6.50. The molecule has 1 amide bonds. The van der Waals surface area contributed by atoms with Crippen molar-refractivity contribution in [2.45, 2.75) is 17.7 Å². The number of amides is 1. The third kappa shape index (κ3) is 4.60. The minimum atomic E-state index is -3.69. The molecule has 0 spiro atoms. The van der Waals surface area contributed by atoms with Crippen molar-refractivity contribution in [1.29, 1.82) is 0 Å². The smallest absolute Gasteiger partial charge is 0.243 e.